The second kappa shape index (κ2) is 11.7. The number of hydrogen-bond donors (Lipinski definition) is 1. The van der Waals surface area contributed by atoms with E-state index in [4.69, 9.17) is 9.47 Å². The summed E-state index contributed by atoms with van der Waals surface area (Å²) >= 11 is 0. The monoisotopic (exact) mass is 490 g/mol. The van der Waals surface area contributed by atoms with Crippen molar-refractivity contribution in [1.29, 1.82) is 0 Å². The molecule has 8 nitrogen and oxygen atoms in total. The number of benzene rings is 2. The average molecular weight is 491 g/mol. The molecule has 0 bridgehead atoms. The van der Waals surface area contributed by atoms with E-state index >= 15 is 0 Å². The van der Waals surface area contributed by atoms with Gasteiger partial charge in [-0.3, -0.25) is 4.79 Å². The number of nitrogens with one attached hydrogen (secondary N) is 1. The van der Waals surface area contributed by atoms with Gasteiger partial charge in [0.15, 0.2) is 0 Å². The lowest BCUT2D eigenvalue weighted by Crippen LogP contribution is -2.48. The van der Waals surface area contributed by atoms with Gasteiger partial charge in [-0.25, -0.2) is 4.79 Å². The average Bonchev–Trinajstić information content (AvgIpc) is 3.38. The summed E-state index contributed by atoms with van der Waals surface area (Å²) in [5.41, 5.74) is 2.68. The number of methoxy groups -OCH3 is 1. The third-order valence-electron chi connectivity index (χ3n) is 6.29. The molecule has 1 aliphatic rings. The number of anilines is 1. The molecular formula is C28H34N4O4. The van der Waals surface area contributed by atoms with Gasteiger partial charge in [0, 0.05) is 37.2 Å². The van der Waals surface area contributed by atoms with Crippen LogP contribution in [0.1, 0.15) is 37.6 Å². The van der Waals surface area contributed by atoms with E-state index in [0.717, 1.165) is 29.2 Å². The Bertz CT molecular complexity index is 1170. The summed E-state index contributed by atoms with van der Waals surface area (Å²) in [6.45, 7) is 6.24. The number of carbonyl (C=O) groups is 2. The van der Waals surface area contributed by atoms with Gasteiger partial charge in [0.2, 0.25) is 5.91 Å². The molecule has 1 aliphatic heterocycles. The van der Waals surface area contributed by atoms with Crippen molar-refractivity contribution in [2.24, 2.45) is 0 Å². The Kier molecular flexibility index (Phi) is 8.15. The standard InChI is InChI=1S/C28H34N4O4/c1-4-15-31(28(34)29-22-11-13-23(14-12-22)36-5-2)20-26(33)32-18-17-30-16-7-10-25(30)27(32)21-8-6-9-24(19-21)35-3/h6-14,16,19,27H,4-5,15,17-18,20H2,1-3H3,(H,29,34)/t27-/m1/s1. The van der Waals surface area contributed by atoms with Crippen molar-refractivity contribution in [2.75, 3.05) is 38.7 Å². The van der Waals surface area contributed by atoms with Crippen molar-refractivity contribution in [2.45, 2.75) is 32.9 Å². The highest BCUT2D eigenvalue weighted by molar-refractivity contribution is 5.92. The zero-order valence-electron chi connectivity index (χ0n) is 21.1. The van der Waals surface area contributed by atoms with E-state index in [-0.39, 0.29) is 24.5 Å². The van der Waals surface area contributed by atoms with Gasteiger partial charge in [0.25, 0.3) is 0 Å². The molecule has 3 aromatic rings. The van der Waals surface area contributed by atoms with Crippen molar-refractivity contribution < 1.29 is 19.1 Å². The molecular weight excluding hydrogens is 456 g/mol. The van der Waals surface area contributed by atoms with Gasteiger partial charge < -0.3 is 29.2 Å². The summed E-state index contributed by atoms with van der Waals surface area (Å²) in [5.74, 6) is 1.39. The molecule has 2 aromatic carbocycles. The summed E-state index contributed by atoms with van der Waals surface area (Å²) < 4.78 is 13.1. The normalized spacial score (nSPS) is 14.6. The van der Waals surface area contributed by atoms with Crippen LogP contribution in [0.25, 0.3) is 0 Å². The highest BCUT2D eigenvalue weighted by atomic mass is 16.5. The van der Waals surface area contributed by atoms with Gasteiger partial charge in [-0.2, -0.15) is 0 Å². The van der Waals surface area contributed by atoms with Crippen LogP contribution < -0.4 is 14.8 Å². The number of carbonyl (C=O) groups excluding carboxylic acids is 2. The minimum absolute atomic E-state index is 0.00210. The molecule has 0 spiro atoms. The smallest absolute Gasteiger partial charge is 0.322 e. The van der Waals surface area contributed by atoms with Crippen molar-refractivity contribution in [3.63, 3.8) is 0 Å². The highest BCUT2D eigenvalue weighted by Gasteiger charge is 2.33. The SMILES string of the molecule is CCCN(CC(=O)N1CCn2cccc2[C@H]1c1cccc(OC)c1)C(=O)Nc1ccc(OCC)cc1. The second-order valence-electron chi connectivity index (χ2n) is 8.70. The lowest BCUT2D eigenvalue weighted by atomic mass is 9.99. The Labute approximate surface area is 212 Å². The maximum absolute atomic E-state index is 13.7. The molecule has 2 heterocycles. The Morgan fingerprint density at radius 1 is 1.03 bits per heavy atom. The Balaban J connectivity index is 1.52. The molecule has 4 rings (SSSR count). The van der Waals surface area contributed by atoms with E-state index in [1.54, 1.807) is 24.1 Å². The highest BCUT2D eigenvalue weighted by Crippen LogP contribution is 2.34. The number of hydrogen-bond acceptors (Lipinski definition) is 4. The van der Waals surface area contributed by atoms with Crippen LogP contribution in [-0.2, 0) is 11.3 Å². The molecule has 3 amide bonds. The van der Waals surface area contributed by atoms with Crippen LogP contribution in [0.3, 0.4) is 0 Å². The maximum atomic E-state index is 13.7. The first kappa shape index (κ1) is 25.2. The maximum Gasteiger partial charge on any atom is 0.322 e. The molecule has 1 N–H and O–H groups in total. The predicted molar refractivity (Wildman–Crippen MR) is 139 cm³/mol. The van der Waals surface area contributed by atoms with Crippen molar-refractivity contribution >= 4 is 17.6 Å². The lowest BCUT2D eigenvalue weighted by molar-refractivity contribution is -0.134. The van der Waals surface area contributed by atoms with Crippen LogP contribution in [0.4, 0.5) is 10.5 Å². The van der Waals surface area contributed by atoms with Crippen LogP contribution in [0.2, 0.25) is 0 Å². The minimum atomic E-state index is -0.298. The van der Waals surface area contributed by atoms with Gasteiger partial charge in [-0.15, -0.1) is 0 Å². The zero-order valence-corrected chi connectivity index (χ0v) is 21.1. The van der Waals surface area contributed by atoms with E-state index in [9.17, 15) is 9.59 Å². The summed E-state index contributed by atoms with van der Waals surface area (Å²) in [7, 11) is 1.64. The molecule has 190 valence electrons. The Morgan fingerprint density at radius 3 is 2.56 bits per heavy atom. The van der Waals surface area contributed by atoms with Crippen LogP contribution >= 0.6 is 0 Å². The number of aromatic nitrogens is 1. The Hall–Kier alpha value is -3.94. The van der Waals surface area contributed by atoms with E-state index in [2.05, 4.69) is 9.88 Å². The van der Waals surface area contributed by atoms with E-state index in [1.165, 1.54) is 0 Å². The van der Waals surface area contributed by atoms with Gasteiger partial charge in [0.1, 0.15) is 18.0 Å². The van der Waals surface area contributed by atoms with Crippen molar-refractivity contribution in [3.8, 4) is 11.5 Å². The fourth-order valence-electron chi connectivity index (χ4n) is 4.59. The van der Waals surface area contributed by atoms with Crippen molar-refractivity contribution in [1.82, 2.24) is 14.4 Å². The topological polar surface area (TPSA) is 76.0 Å². The molecule has 36 heavy (non-hydrogen) atoms. The molecule has 0 unspecified atom stereocenters. The van der Waals surface area contributed by atoms with Crippen LogP contribution in [0, 0.1) is 0 Å². The fourth-order valence-corrected chi connectivity index (χ4v) is 4.59. The summed E-state index contributed by atoms with van der Waals surface area (Å²) in [6, 6.07) is 18.5. The molecule has 0 aliphatic carbocycles. The molecule has 0 saturated carbocycles. The number of amides is 3. The van der Waals surface area contributed by atoms with Crippen LogP contribution in [0.15, 0.2) is 66.9 Å². The van der Waals surface area contributed by atoms with Crippen molar-refractivity contribution in [3.05, 3.63) is 78.1 Å². The van der Waals surface area contributed by atoms with E-state index in [1.807, 2.05) is 73.5 Å². The lowest BCUT2D eigenvalue weighted by Gasteiger charge is -2.38. The largest absolute Gasteiger partial charge is 0.497 e. The second-order valence-corrected chi connectivity index (χ2v) is 8.70. The predicted octanol–water partition coefficient (Wildman–Crippen LogP) is 4.77. The van der Waals surface area contributed by atoms with Gasteiger partial charge in [-0.1, -0.05) is 19.1 Å². The van der Waals surface area contributed by atoms with Crippen LogP contribution in [0.5, 0.6) is 11.5 Å². The van der Waals surface area contributed by atoms with Gasteiger partial charge >= 0.3 is 6.03 Å². The molecule has 1 aromatic heterocycles. The summed E-state index contributed by atoms with van der Waals surface area (Å²) in [5, 5.41) is 2.91. The number of nitrogens with zero attached hydrogens (tertiary/aromatic N) is 3. The first-order chi connectivity index (χ1) is 17.5. The summed E-state index contributed by atoms with van der Waals surface area (Å²) in [4.78, 5) is 30.2. The fraction of sp³-hybridized carbons (Fsp3) is 0.357. The molecule has 0 saturated heterocycles. The summed E-state index contributed by atoms with van der Waals surface area (Å²) in [6.07, 6.45) is 2.78. The molecule has 0 radical (unpaired) electrons. The van der Waals surface area contributed by atoms with Gasteiger partial charge in [0.05, 0.1) is 19.8 Å². The quantitative estimate of drug-likeness (QED) is 0.469. The first-order valence-corrected chi connectivity index (χ1v) is 12.4. The minimum Gasteiger partial charge on any atom is -0.497 e. The molecule has 0 fully saturated rings. The Morgan fingerprint density at radius 2 is 1.83 bits per heavy atom. The molecule has 1 atom stereocenters. The zero-order chi connectivity index (χ0) is 25.5. The third-order valence-corrected chi connectivity index (χ3v) is 6.29. The molecule has 8 heteroatoms. The third kappa shape index (κ3) is 5.64. The number of fused-ring (bicyclic) bond motifs is 1. The first-order valence-electron chi connectivity index (χ1n) is 12.4. The number of ether oxygens (including phenoxy) is 2. The number of rotatable bonds is 9. The van der Waals surface area contributed by atoms with Crippen LogP contribution in [-0.4, -0.2) is 59.7 Å². The van der Waals surface area contributed by atoms with E-state index < -0.39 is 0 Å². The van der Waals surface area contributed by atoms with E-state index in [0.29, 0.717) is 31.9 Å². The number of urea groups is 1. The van der Waals surface area contributed by atoms with Gasteiger partial charge in [-0.05, 0) is 67.4 Å².